The zero-order valence-corrected chi connectivity index (χ0v) is 12.4. The van der Waals surface area contributed by atoms with E-state index in [1.165, 1.54) is 17.4 Å². The van der Waals surface area contributed by atoms with E-state index in [0.29, 0.717) is 5.75 Å². The second-order valence-electron chi connectivity index (χ2n) is 4.40. The largest absolute Gasteiger partial charge is 0.352 e. The van der Waals surface area contributed by atoms with Crippen LogP contribution < -0.4 is 4.89 Å². The molecule has 0 saturated heterocycles. The lowest BCUT2D eigenvalue weighted by molar-refractivity contribution is -0.210. The van der Waals surface area contributed by atoms with E-state index in [-0.39, 0.29) is 10.9 Å². The molecule has 104 valence electrons. The Morgan fingerprint density at radius 1 is 1.05 bits per heavy atom. The molecule has 0 fully saturated rings. The predicted octanol–water partition coefficient (Wildman–Crippen LogP) is 3.35. The van der Waals surface area contributed by atoms with Crippen molar-refractivity contribution in [1.82, 2.24) is 0 Å². The number of hydrogen-bond donors (Lipinski definition) is 0. The average Bonchev–Trinajstić information content (AvgIpc) is 2.46. The Bertz CT molecular complexity index is 552. The summed E-state index contributed by atoms with van der Waals surface area (Å²) in [6.45, 7) is 1.30. The van der Waals surface area contributed by atoms with Gasteiger partial charge in [-0.05, 0) is 24.3 Å². The highest BCUT2D eigenvalue weighted by Crippen LogP contribution is 2.20. The SMILES string of the molecule is CC(=O)OOc1ccc([S+](C)Cc2ccccc2)cc1. The van der Waals surface area contributed by atoms with Gasteiger partial charge in [0.25, 0.3) is 0 Å². The molecule has 0 N–H and O–H groups in total. The monoisotopic (exact) mass is 289 g/mol. The van der Waals surface area contributed by atoms with Crippen molar-refractivity contribution in [3.8, 4) is 5.75 Å². The molecule has 0 saturated carbocycles. The minimum Gasteiger partial charge on any atom is -0.287 e. The molecule has 2 rings (SSSR count). The Morgan fingerprint density at radius 2 is 1.70 bits per heavy atom. The third kappa shape index (κ3) is 4.31. The second-order valence-corrected chi connectivity index (χ2v) is 6.43. The van der Waals surface area contributed by atoms with Crippen LogP contribution in [0.25, 0.3) is 0 Å². The van der Waals surface area contributed by atoms with Crippen LogP contribution in [0.5, 0.6) is 5.75 Å². The summed E-state index contributed by atoms with van der Waals surface area (Å²) < 4.78 is 0. The van der Waals surface area contributed by atoms with Gasteiger partial charge in [-0.1, -0.05) is 30.3 Å². The summed E-state index contributed by atoms with van der Waals surface area (Å²) in [6, 6.07) is 18.1. The van der Waals surface area contributed by atoms with E-state index in [9.17, 15) is 4.79 Å². The number of carbonyl (C=O) groups is 1. The first-order chi connectivity index (χ1) is 9.65. The molecule has 20 heavy (non-hydrogen) atoms. The quantitative estimate of drug-likeness (QED) is 0.481. The summed E-state index contributed by atoms with van der Waals surface area (Å²) in [5.41, 5.74) is 1.33. The van der Waals surface area contributed by atoms with E-state index in [1.54, 1.807) is 0 Å². The maximum Gasteiger partial charge on any atom is 0.352 e. The highest BCUT2D eigenvalue weighted by molar-refractivity contribution is 7.95. The Morgan fingerprint density at radius 3 is 2.30 bits per heavy atom. The Hall–Kier alpha value is -1.94. The minimum atomic E-state index is -0.464. The molecule has 0 aliphatic heterocycles. The lowest BCUT2D eigenvalue weighted by Gasteiger charge is -2.05. The van der Waals surface area contributed by atoms with Crippen LogP contribution in [0.3, 0.4) is 0 Å². The van der Waals surface area contributed by atoms with Gasteiger partial charge in [-0.25, -0.2) is 4.79 Å². The lowest BCUT2D eigenvalue weighted by Crippen LogP contribution is -2.05. The van der Waals surface area contributed by atoms with Crippen molar-refractivity contribution in [2.75, 3.05) is 6.26 Å². The van der Waals surface area contributed by atoms with Crippen molar-refractivity contribution in [2.24, 2.45) is 0 Å². The molecule has 4 heteroatoms. The van der Waals surface area contributed by atoms with Crippen LogP contribution in [-0.2, 0) is 26.3 Å². The molecule has 0 spiro atoms. The fourth-order valence-corrected chi connectivity index (χ4v) is 3.20. The Balaban J connectivity index is 1.97. The van der Waals surface area contributed by atoms with Crippen LogP contribution >= 0.6 is 0 Å². The fourth-order valence-electron chi connectivity index (χ4n) is 1.74. The van der Waals surface area contributed by atoms with E-state index in [2.05, 4.69) is 35.4 Å². The second kappa shape index (κ2) is 7.01. The summed E-state index contributed by atoms with van der Waals surface area (Å²) in [5.74, 6) is 1.08. The van der Waals surface area contributed by atoms with Gasteiger partial charge in [0.15, 0.2) is 10.6 Å². The summed E-state index contributed by atoms with van der Waals surface area (Å²) >= 11 is 0. The molecule has 0 amide bonds. The molecule has 1 atom stereocenters. The van der Waals surface area contributed by atoms with Gasteiger partial charge < -0.3 is 0 Å². The highest BCUT2D eigenvalue weighted by Gasteiger charge is 2.16. The van der Waals surface area contributed by atoms with Gasteiger partial charge in [-0.15, -0.1) is 0 Å². The fraction of sp³-hybridized carbons (Fsp3) is 0.188. The van der Waals surface area contributed by atoms with E-state index < -0.39 is 5.97 Å². The van der Waals surface area contributed by atoms with Crippen LogP contribution in [0, 0.1) is 0 Å². The molecular formula is C16H17O3S+. The average molecular weight is 289 g/mol. The molecule has 0 bridgehead atoms. The maximum atomic E-state index is 10.6. The number of carbonyl (C=O) groups excluding carboxylic acids is 1. The Kier molecular flexibility index (Phi) is 5.07. The van der Waals surface area contributed by atoms with Gasteiger partial charge in [-0.2, -0.15) is 0 Å². The van der Waals surface area contributed by atoms with Crippen molar-refractivity contribution in [2.45, 2.75) is 17.6 Å². The van der Waals surface area contributed by atoms with Crippen molar-refractivity contribution in [3.05, 3.63) is 60.2 Å². The molecule has 3 nitrogen and oxygen atoms in total. The van der Waals surface area contributed by atoms with Crippen LogP contribution in [0.1, 0.15) is 12.5 Å². The topological polar surface area (TPSA) is 35.5 Å². The van der Waals surface area contributed by atoms with Gasteiger partial charge >= 0.3 is 5.97 Å². The van der Waals surface area contributed by atoms with Crippen LogP contribution in [0.15, 0.2) is 59.5 Å². The maximum absolute atomic E-state index is 10.6. The van der Waals surface area contributed by atoms with Gasteiger partial charge in [-0.3, -0.25) is 9.78 Å². The summed E-state index contributed by atoms with van der Waals surface area (Å²) in [6.07, 6.45) is 2.22. The van der Waals surface area contributed by atoms with Gasteiger partial charge in [0, 0.05) is 23.4 Å². The van der Waals surface area contributed by atoms with Crippen LogP contribution in [-0.4, -0.2) is 12.2 Å². The number of benzene rings is 2. The van der Waals surface area contributed by atoms with Gasteiger partial charge in [0.2, 0.25) is 0 Å². The van der Waals surface area contributed by atoms with Gasteiger partial charge in [0.05, 0.1) is 0 Å². The van der Waals surface area contributed by atoms with E-state index in [1.807, 2.05) is 30.3 Å². The molecule has 0 aliphatic rings. The van der Waals surface area contributed by atoms with Crippen molar-refractivity contribution in [1.29, 1.82) is 0 Å². The highest BCUT2D eigenvalue weighted by atomic mass is 32.2. The first-order valence-corrected chi connectivity index (χ1v) is 8.07. The normalized spacial score (nSPS) is 11.7. The predicted molar refractivity (Wildman–Crippen MR) is 80.5 cm³/mol. The van der Waals surface area contributed by atoms with Crippen molar-refractivity contribution in [3.63, 3.8) is 0 Å². The summed E-state index contributed by atoms with van der Waals surface area (Å²) in [7, 11) is 0.131. The molecule has 2 aromatic carbocycles. The summed E-state index contributed by atoms with van der Waals surface area (Å²) in [4.78, 5) is 21.3. The molecule has 2 aromatic rings. The van der Waals surface area contributed by atoms with Crippen LogP contribution in [0.4, 0.5) is 0 Å². The van der Waals surface area contributed by atoms with Crippen LogP contribution in [0.2, 0.25) is 0 Å². The molecule has 0 heterocycles. The number of hydrogen-bond acceptors (Lipinski definition) is 3. The van der Waals surface area contributed by atoms with Crippen molar-refractivity contribution < 1.29 is 14.6 Å². The molecule has 0 aliphatic carbocycles. The first kappa shape index (κ1) is 14.5. The van der Waals surface area contributed by atoms with E-state index >= 15 is 0 Å². The molecular weight excluding hydrogens is 272 g/mol. The smallest absolute Gasteiger partial charge is 0.287 e. The van der Waals surface area contributed by atoms with E-state index in [0.717, 1.165) is 5.75 Å². The zero-order valence-electron chi connectivity index (χ0n) is 11.5. The minimum absolute atomic E-state index is 0.131. The molecule has 1 unspecified atom stereocenters. The Labute approximate surface area is 121 Å². The third-order valence-corrected chi connectivity index (χ3v) is 4.55. The lowest BCUT2D eigenvalue weighted by atomic mass is 10.2. The first-order valence-electron chi connectivity index (χ1n) is 6.27. The molecule has 0 aromatic heterocycles. The third-order valence-electron chi connectivity index (χ3n) is 2.71. The summed E-state index contributed by atoms with van der Waals surface area (Å²) in [5, 5.41) is 0. The number of rotatable bonds is 5. The van der Waals surface area contributed by atoms with Crippen molar-refractivity contribution >= 4 is 16.9 Å². The van der Waals surface area contributed by atoms with E-state index in [4.69, 9.17) is 4.89 Å². The van der Waals surface area contributed by atoms with Gasteiger partial charge in [0.1, 0.15) is 12.0 Å². The standard InChI is InChI=1S/C16H17O3S/c1-13(17)18-19-15-8-10-16(11-9-15)20(2)12-14-6-4-3-5-7-14/h3-11H,12H2,1-2H3/q+1. The molecule has 0 radical (unpaired) electrons. The zero-order chi connectivity index (χ0) is 14.4.